The summed E-state index contributed by atoms with van der Waals surface area (Å²) in [5.74, 6) is 2.61. The average Bonchev–Trinajstić information content (AvgIpc) is 3.00. The minimum atomic E-state index is 0.150. The Morgan fingerprint density at radius 2 is 1.63 bits per heavy atom. The van der Waals surface area contributed by atoms with E-state index < -0.39 is 0 Å². The largest absolute Gasteiger partial charge is 0.493 e. The van der Waals surface area contributed by atoms with Crippen molar-refractivity contribution in [1.29, 1.82) is 0 Å². The number of benzene rings is 2. The fourth-order valence-corrected chi connectivity index (χ4v) is 3.47. The fraction of sp³-hybridized carbons (Fsp3) is 0.364. The van der Waals surface area contributed by atoms with Crippen molar-refractivity contribution in [2.75, 3.05) is 12.4 Å². The molecule has 0 amide bonds. The van der Waals surface area contributed by atoms with E-state index >= 15 is 0 Å². The van der Waals surface area contributed by atoms with Crippen molar-refractivity contribution in [1.82, 2.24) is 14.8 Å². The minimum absolute atomic E-state index is 0.150. The lowest BCUT2D eigenvalue weighted by molar-refractivity contribution is 0.344. The van der Waals surface area contributed by atoms with Crippen LogP contribution in [0.2, 0.25) is 0 Å². The lowest BCUT2D eigenvalue weighted by atomic mass is 9.87. The molecular weight excluding hydrogens is 354 g/mol. The summed E-state index contributed by atoms with van der Waals surface area (Å²) < 4.78 is 7.83. The van der Waals surface area contributed by atoms with Crippen LogP contribution in [0.4, 0.5) is 0 Å². The molecule has 1 aromatic heterocycles. The molecule has 0 saturated carbocycles. The van der Waals surface area contributed by atoms with Gasteiger partial charge in [-0.15, -0.1) is 10.2 Å². The van der Waals surface area contributed by atoms with Crippen molar-refractivity contribution in [3.8, 4) is 17.1 Å². The second-order valence-electron chi connectivity index (χ2n) is 7.70. The highest BCUT2D eigenvalue weighted by Crippen LogP contribution is 2.27. The van der Waals surface area contributed by atoms with Gasteiger partial charge in [0.1, 0.15) is 5.75 Å². The second kappa shape index (κ2) is 8.17. The Kier molecular flexibility index (Phi) is 5.90. The molecule has 0 fully saturated rings. The SMILES string of the molecule is Cc1ccc(OCCSc2nnc(-c3ccc(C(C)(C)C)cc3)n2C)cc1. The van der Waals surface area contributed by atoms with Crippen LogP contribution in [0.25, 0.3) is 11.4 Å². The quantitative estimate of drug-likeness (QED) is 0.431. The molecule has 4 nitrogen and oxygen atoms in total. The van der Waals surface area contributed by atoms with Gasteiger partial charge in [0.15, 0.2) is 11.0 Å². The monoisotopic (exact) mass is 381 g/mol. The van der Waals surface area contributed by atoms with E-state index in [4.69, 9.17) is 4.74 Å². The van der Waals surface area contributed by atoms with Gasteiger partial charge in [-0.3, -0.25) is 0 Å². The number of rotatable bonds is 6. The van der Waals surface area contributed by atoms with Crippen molar-refractivity contribution in [3.63, 3.8) is 0 Å². The molecule has 0 aliphatic rings. The predicted molar refractivity (Wildman–Crippen MR) is 113 cm³/mol. The fourth-order valence-electron chi connectivity index (χ4n) is 2.74. The van der Waals surface area contributed by atoms with Crippen LogP contribution in [0.3, 0.4) is 0 Å². The molecule has 0 N–H and O–H groups in total. The standard InChI is InChI=1S/C22H27N3OS/c1-16-6-12-19(13-7-16)26-14-15-27-21-24-23-20(25(21)5)17-8-10-18(11-9-17)22(2,3)4/h6-13H,14-15H2,1-5H3. The zero-order valence-corrected chi connectivity index (χ0v) is 17.5. The molecule has 142 valence electrons. The van der Waals surface area contributed by atoms with Gasteiger partial charge < -0.3 is 9.30 Å². The van der Waals surface area contributed by atoms with Gasteiger partial charge in [0.25, 0.3) is 0 Å². The van der Waals surface area contributed by atoms with Gasteiger partial charge in [0, 0.05) is 18.4 Å². The Hall–Kier alpha value is -2.27. The van der Waals surface area contributed by atoms with Crippen LogP contribution in [0.1, 0.15) is 31.9 Å². The molecule has 1 heterocycles. The van der Waals surface area contributed by atoms with Crippen molar-refractivity contribution >= 4 is 11.8 Å². The summed E-state index contributed by atoms with van der Waals surface area (Å²) in [6.07, 6.45) is 0. The van der Waals surface area contributed by atoms with Gasteiger partial charge >= 0.3 is 0 Å². The molecule has 27 heavy (non-hydrogen) atoms. The first kappa shape index (κ1) is 19.5. The summed E-state index contributed by atoms with van der Waals surface area (Å²) in [7, 11) is 2.01. The summed E-state index contributed by atoms with van der Waals surface area (Å²) in [6.45, 7) is 9.37. The molecule has 0 atom stereocenters. The Bertz CT molecular complexity index is 877. The van der Waals surface area contributed by atoms with E-state index in [0.717, 1.165) is 28.0 Å². The highest BCUT2D eigenvalue weighted by molar-refractivity contribution is 7.99. The molecule has 0 unspecified atom stereocenters. The number of hydrogen-bond donors (Lipinski definition) is 0. The molecule has 0 aliphatic carbocycles. The molecule has 5 heteroatoms. The third-order valence-corrected chi connectivity index (χ3v) is 5.43. The minimum Gasteiger partial charge on any atom is -0.493 e. The van der Waals surface area contributed by atoms with Crippen molar-refractivity contribution in [2.24, 2.45) is 7.05 Å². The number of aromatic nitrogens is 3. The molecule has 0 radical (unpaired) electrons. The number of thioether (sulfide) groups is 1. The Morgan fingerprint density at radius 1 is 0.963 bits per heavy atom. The van der Waals surface area contributed by atoms with Crippen molar-refractivity contribution in [3.05, 3.63) is 59.7 Å². The Labute approximate surface area is 166 Å². The first-order valence-corrected chi connectivity index (χ1v) is 10.2. The van der Waals surface area contributed by atoms with E-state index in [-0.39, 0.29) is 5.41 Å². The molecule has 0 aliphatic heterocycles. The van der Waals surface area contributed by atoms with Gasteiger partial charge in [-0.2, -0.15) is 0 Å². The summed E-state index contributed by atoms with van der Waals surface area (Å²) in [6, 6.07) is 16.7. The molecule has 0 saturated heterocycles. The van der Waals surface area contributed by atoms with Gasteiger partial charge in [-0.1, -0.05) is 74.5 Å². The highest BCUT2D eigenvalue weighted by atomic mass is 32.2. The normalized spacial score (nSPS) is 11.6. The van der Waals surface area contributed by atoms with E-state index in [0.29, 0.717) is 6.61 Å². The highest BCUT2D eigenvalue weighted by Gasteiger charge is 2.15. The summed E-state index contributed by atoms with van der Waals surface area (Å²) in [5, 5.41) is 9.62. The smallest absolute Gasteiger partial charge is 0.191 e. The topological polar surface area (TPSA) is 39.9 Å². The zero-order chi connectivity index (χ0) is 19.4. The summed E-state index contributed by atoms with van der Waals surface area (Å²) in [4.78, 5) is 0. The van der Waals surface area contributed by atoms with Crippen molar-refractivity contribution < 1.29 is 4.74 Å². The first-order chi connectivity index (χ1) is 12.8. The third-order valence-electron chi connectivity index (χ3n) is 4.45. The number of hydrogen-bond acceptors (Lipinski definition) is 4. The second-order valence-corrected chi connectivity index (χ2v) is 8.76. The van der Waals surface area contributed by atoms with Gasteiger partial charge in [0.05, 0.1) is 6.61 Å². The maximum Gasteiger partial charge on any atom is 0.191 e. The van der Waals surface area contributed by atoms with Crippen LogP contribution >= 0.6 is 11.8 Å². The van der Waals surface area contributed by atoms with E-state index in [9.17, 15) is 0 Å². The molecule has 2 aromatic carbocycles. The molecular formula is C22H27N3OS. The van der Waals surface area contributed by atoms with Gasteiger partial charge in [0.2, 0.25) is 0 Å². The number of nitrogens with zero attached hydrogens (tertiary/aromatic N) is 3. The van der Waals surface area contributed by atoms with E-state index in [2.05, 4.69) is 74.3 Å². The molecule has 3 aromatic rings. The maximum absolute atomic E-state index is 5.78. The number of aryl methyl sites for hydroxylation is 1. The van der Waals surface area contributed by atoms with Crippen LogP contribution in [-0.4, -0.2) is 27.1 Å². The van der Waals surface area contributed by atoms with E-state index in [1.54, 1.807) is 11.8 Å². The van der Waals surface area contributed by atoms with E-state index in [1.807, 2.05) is 23.7 Å². The van der Waals surface area contributed by atoms with Crippen LogP contribution in [-0.2, 0) is 12.5 Å². The van der Waals surface area contributed by atoms with Gasteiger partial charge in [-0.05, 0) is 30.0 Å². The lowest BCUT2D eigenvalue weighted by Crippen LogP contribution is -2.10. The average molecular weight is 382 g/mol. The summed E-state index contributed by atoms with van der Waals surface area (Å²) >= 11 is 1.66. The first-order valence-electron chi connectivity index (χ1n) is 9.17. The van der Waals surface area contributed by atoms with Crippen LogP contribution < -0.4 is 4.74 Å². The van der Waals surface area contributed by atoms with Gasteiger partial charge in [-0.25, -0.2) is 0 Å². The van der Waals surface area contributed by atoms with Crippen LogP contribution in [0.15, 0.2) is 53.7 Å². The van der Waals surface area contributed by atoms with Crippen LogP contribution in [0, 0.1) is 6.92 Å². The Balaban J connectivity index is 1.59. The summed E-state index contributed by atoms with van der Waals surface area (Å²) in [5.41, 5.74) is 3.78. The van der Waals surface area contributed by atoms with Crippen molar-refractivity contribution in [2.45, 2.75) is 38.3 Å². The zero-order valence-electron chi connectivity index (χ0n) is 16.7. The predicted octanol–water partition coefficient (Wildman–Crippen LogP) is 5.26. The molecule has 0 bridgehead atoms. The molecule has 0 spiro atoms. The third kappa shape index (κ3) is 4.92. The number of ether oxygens (including phenoxy) is 1. The Morgan fingerprint density at radius 3 is 2.26 bits per heavy atom. The molecule has 3 rings (SSSR count). The van der Waals surface area contributed by atoms with E-state index in [1.165, 1.54) is 11.1 Å². The van der Waals surface area contributed by atoms with Crippen LogP contribution in [0.5, 0.6) is 5.75 Å². The maximum atomic E-state index is 5.78. The lowest BCUT2D eigenvalue weighted by Gasteiger charge is -2.19.